The summed E-state index contributed by atoms with van der Waals surface area (Å²) in [5, 5.41) is 3.40. The minimum absolute atomic E-state index is 0.576. The first-order valence-electron chi connectivity index (χ1n) is 3.95. The Morgan fingerprint density at radius 2 is 2.23 bits per heavy atom. The predicted octanol–water partition coefficient (Wildman–Crippen LogP) is 4.71. The molecule has 1 heterocycles. The van der Waals surface area contributed by atoms with Gasteiger partial charge < -0.3 is 0 Å². The van der Waals surface area contributed by atoms with E-state index >= 15 is 0 Å². The number of aryl methyl sites for hydroxylation is 1. The molecule has 0 amide bonds. The lowest BCUT2D eigenvalue weighted by atomic mass is 10.1. The highest BCUT2D eigenvalue weighted by Gasteiger charge is 2.07. The van der Waals surface area contributed by atoms with Crippen LogP contribution in [-0.4, -0.2) is 0 Å². The summed E-state index contributed by atoms with van der Waals surface area (Å²) in [5.41, 5.74) is 2.52. The molecule has 3 heteroatoms. The van der Waals surface area contributed by atoms with Gasteiger partial charge >= 0.3 is 0 Å². The van der Waals surface area contributed by atoms with Crippen molar-refractivity contribution < 1.29 is 0 Å². The van der Waals surface area contributed by atoms with Crippen molar-refractivity contribution in [2.75, 3.05) is 0 Å². The third kappa shape index (κ3) is 1.51. The van der Waals surface area contributed by atoms with Crippen LogP contribution >= 0.6 is 38.9 Å². The van der Waals surface area contributed by atoms with Gasteiger partial charge in [-0.2, -0.15) is 0 Å². The van der Waals surface area contributed by atoms with E-state index < -0.39 is 0 Å². The monoisotopic (exact) mass is 274 g/mol. The Bertz CT molecular complexity index is 447. The summed E-state index contributed by atoms with van der Waals surface area (Å²) in [6.45, 7) is 2.13. The minimum atomic E-state index is 0.576. The first-order valence-corrected chi connectivity index (χ1v) is 6.16. The van der Waals surface area contributed by atoms with E-state index in [1.54, 1.807) is 11.3 Å². The van der Waals surface area contributed by atoms with Crippen molar-refractivity contribution in [2.24, 2.45) is 0 Å². The highest BCUT2D eigenvalue weighted by molar-refractivity contribution is 9.10. The molecular formula is C10H8BrClS. The predicted molar refractivity (Wildman–Crippen MR) is 63.8 cm³/mol. The Balaban J connectivity index is 2.88. The Kier molecular flexibility index (Phi) is 2.63. The van der Waals surface area contributed by atoms with E-state index in [-0.39, 0.29) is 0 Å². The summed E-state index contributed by atoms with van der Waals surface area (Å²) in [4.78, 5) is 0. The molecule has 68 valence electrons. The number of hydrogen-bond acceptors (Lipinski definition) is 1. The van der Waals surface area contributed by atoms with Crippen LogP contribution in [0.3, 0.4) is 0 Å². The molecule has 0 atom stereocenters. The van der Waals surface area contributed by atoms with Crippen molar-refractivity contribution in [1.82, 2.24) is 0 Å². The maximum absolute atomic E-state index is 5.87. The molecule has 0 N–H and O–H groups in total. The molecule has 2 aromatic rings. The van der Waals surface area contributed by atoms with Gasteiger partial charge in [0.15, 0.2) is 0 Å². The van der Waals surface area contributed by atoms with E-state index in [0.29, 0.717) is 5.88 Å². The van der Waals surface area contributed by atoms with Gasteiger partial charge in [-0.1, -0.05) is 12.1 Å². The van der Waals surface area contributed by atoms with E-state index in [9.17, 15) is 0 Å². The van der Waals surface area contributed by atoms with Crippen LogP contribution in [0.1, 0.15) is 11.1 Å². The third-order valence-electron chi connectivity index (χ3n) is 2.10. The summed E-state index contributed by atoms with van der Waals surface area (Å²) in [6.07, 6.45) is 0. The summed E-state index contributed by atoms with van der Waals surface area (Å²) in [5.74, 6) is 0.576. The maximum atomic E-state index is 5.87. The SMILES string of the molecule is Cc1ccc(CCl)c2c(Br)csc12. The van der Waals surface area contributed by atoms with Crippen LogP contribution in [0.25, 0.3) is 10.1 Å². The number of alkyl halides is 1. The van der Waals surface area contributed by atoms with Gasteiger partial charge in [-0.25, -0.2) is 0 Å². The van der Waals surface area contributed by atoms with Crippen molar-refractivity contribution in [3.8, 4) is 0 Å². The van der Waals surface area contributed by atoms with Gasteiger partial charge in [0.25, 0.3) is 0 Å². The highest BCUT2D eigenvalue weighted by atomic mass is 79.9. The molecule has 0 bridgehead atoms. The smallest absolute Gasteiger partial charge is 0.0480 e. The van der Waals surface area contributed by atoms with Crippen molar-refractivity contribution in [3.05, 3.63) is 33.1 Å². The van der Waals surface area contributed by atoms with Gasteiger partial charge in [0.2, 0.25) is 0 Å². The zero-order valence-corrected chi connectivity index (χ0v) is 10.3. The quantitative estimate of drug-likeness (QED) is 0.661. The van der Waals surface area contributed by atoms with Crippen LogP contribution in [0.15, 0.2) is 22.0 Å². The van der Waals surface area contributed by atoms with E-state index in [2.05, 4.69) is 40.4 Å². The van der Waals surface area contributed by atoms with Gasteiger partial charge in [0.1, 0.15) is 0 Å². The van der Waals surface area contributed by atoms with Crippen molar-refractivity contribution in [3.63, 3.8) is 0 Å². The Morgan fingerprint density at radius 1 is 1.46 bits per heavy atom. The highest BCUT2D eigenvalue weighted by Crippen LogP contribution is 2.35. The largest absolute Gasteiger partial charge is 0.142 e. The fourth-order valence-corrected chi connectivity index (χ4v) is 3.46. The Labute approximate surface area is 94.7 Å². The molecule has 1 aromatic carbocycles. The van der Waals surface area contributed by atoms with E-state index in [1.807, 2.05) is 0 Å². The van der Waals surface area contributed by atoms with E-state index in [1.165, 1.54) is 21.2 Å². The summed E-state index contributed by atoms with van der Waals surface area (Å²) in [7, 11) is 0. The second kappa shape index (κ2) is 3.60. The molecule has 1 aromatic heterocycles. The molecule has 13 heavy (non-hydrogen) atoms. The van der Waals surface area contributed by atoms with Crippen molar-refractivity contribution in [1.29, 1.82) is 0 Å². The van der Waals surface area contributed by atoms with Crippen LogP contribution in [0, 0.1) is 6.92 Å². The van der Waals surface area contributed by atoms with Crippen LogP contribution in [0.4, 0.5) is 0 Å². The average molecular weight is 276 g/mol. The maximum Gasteiger partial charge on any atom is 0.0480 e. The standard InChI is InChI=1S/C10H8BrClS/c1-6-2-3-7(4-12)9-8(11)5-13-10(6)9/h2-3,5H,4H2,1H3. The van der Waals surface area contributed by atoms with Gasteiger partial charge in [0, 0.05) is 25.8 Å². The molecule has 0 saturated heterocycles. The number of thiophene rings is 1. The summed E-state index contributed by atoms with van der Waals surface area (Å²) >= 11 is 11.2. The summed E-state index contributed by atoms with van der Waals surface area (Å²) < 4.78 is 2.50. The van der Waals surface area contributed by atoms with Crippen LogP contribution in [-0.2, 0) is 5.88 Å². The number of fused-ring (bicyclic) bond motifs is 1. The molecule has 0 radical (unpaired) electrons. The molecule has 2 rings (SSSR count). The molecule has 0 saturated carbocycles. The van der Waals surface area contributed by atoms with Crippen molar-refractivity contribution >= 4 is 49.0 Å². The van der Waals surface area contributed by atoms with Crippen LogP contribution < -0.4 is 0 Å². The first-order chi connectivity index (χ1) is 6.24. The number of hydrogen-bond donors (Lipinski definition) is 0. The molecule has 0 aliphatic heterocycles. The fraction of sp³-hybridized carbons (Fsp3) is 0.200. The van der Waals surface area contributed by atoms with Gasteiger partial charge in [-0.3, -0.25) is 0 Å². The number of halogens is 2. The molecule has 0 aliphatic carbocycles. The molecule has 0 spiro atoms. The molecular weight excluding hydrogens is 268 g/mol. The number of rotatable bonds is 1. The minimum Gasteiger partial charge on any atom is -0.142 e. The van der Waals surface area contributed by atoms with Gasteiger partial charge in [-0.05, 0) is 34.0 Å². The molecule has 0 nitrogen and oxygen atoms in total. The molecule has 0 aliphatic rings. The average Bonchev–Trinajstić information content (AvgIpc) is 2.51. The van der Waals surface area contributed by atoms with Gasteiger partial charge in [0.05, 0.1) is 0 Å². The zero-order valence-electron chi connectivity index (χ0n) is 7.10. The fourth-order valence-electron chi connectivity index (χ4n) is 1.42. The zero-order chi connectivity index (χ0) is 9.42. The lowest BCUT2D eigenvalue weighted by Crippen LogP contribution is -1.81. The van der Waals surface area contributed by atoms with Crippen LogP contribution in [0.5, 0.6) is 0 Å². The third-order valence-corrected chi connectivity index (χ3v) is 4.44. The lowest BCUT2D eigenvalue weighted by molar-refractivity contribution is 1.43. The first kappa shape index (κ1) is 9.50. The molecule has 0 fully saturated rings. The second-order valence-corrected chi connectivity index (χ2v) is 4.96. The molecule has 0 unspecified atom stereocenters. The number of benzene rings is 1. The normalized spacial score (nSPS) is 11.0. The Morgan fingerprint density at radius 3 is 2.92 bits per heavy atom. The topological polar surface area (TPSA) is 0 Å². The Hall–Kier alpha value is -0.0500. The lowest BCUT2D eigenvalue weighted by Gasteiger charge is -2.01. The summed E-state index contributed by atoms with van der Waals surface area (Å²) in [6, 6.07) is 4.23. The van der Waals surface area contributed by atoms with Crippen LogP contribution in [0.2, 0.25) is 0 Å². The van der Waals surface area contributed by atoms with Crippen molar-refractivity contribution in [2.45, 2.75) is 12.8 Å². The van der Waals surface area contributed by atoms with E-state index in [0.717, 1.165) is 4.47 Å². The van der Waals surface area contributed by atoms with E-state index in [4.69, 9.17) is 11.6 Å². The van der Waals surface area contributed by atoms with Gasteiger partial charge in [-0.15, -0.1) is 22.9 Å². The second-order valence-electron chi connectivity index (χ2n) is 2.96.